The lowest BCUT2D eigenvalue weighted by atomic mass is 9.76. The third-order valence-electron chi connectivity index (χ3n) is 4.69. The quantitative estimate of drug-likeness (QED) is 0.551. The van der Waals surface area contributed by atoms with E-state index in [0.29, 0.717) is 25.7 Å². The van der Waals surface area contributed by atoms with Gasteiger partial charge in [-0.2, -0.15) is 0 Å². The van der Waals surface area contributed by atoms with Gasteiger partial charge in [0, 0.05) is 25.7 Å². The van der Waals surface area contributed by atoms with E-state index in [2.05, 4.69) is 11.9 Å². The predicted octanol–water partition coefficient (Wildman–Crippen LogP) is 0.538. The Morgan fingerprint density at radius 3 is 2.64 bits per heavy atom. The van der Waals surface area contributed by atoms with Crippen molar-refractivity contribution >= 4 is 17.7 Å². The number of likely N-dealkylation sites (tertiary alicyclic amines) is 1. The Morgan fingerprint density at radius 1 is 1.50 bits per heavy atom. The van der Waals surface area contributed by atoms with Gasteiger partial charge in [0.15, 0.2) is 0 Å². The molecular weight excluding hydrogens is 282 g/mol. The normalized spacial score (nSPS) is 24.3. The summed E-state index contributed by atoms with van der Waals surface area (Å²) in [5, 5.41) is 2.78. The lowest BCUT2D eigenvalue weighted by Crippen LogP contribution is -2.67. The molecule has 1 heterocycles. The lowest BCUT2D eigenvalue weighted by molar-refractivity contribution is -0.165. The van der Waals surface area contributed by atoms with Crippen LogP contribution in [0.5, 0.6) is 0 Å². The maximum absolute atomic E-state index is 12.3. The van der Waals surface area contributed by atoms with Crippen molar-refractivity contribution in [2.45, 2.75) is 39.2 Å². The van der Waals surface area contributed by atoms with Crippen molar-refractivity contribution in [1.29, 1.82) is 0 Å². The average molecular weight is 307 g/mol. The van der Waals surface area contributed by atoms with E-state index in [1.165, 1.54) is 17.4 Å². The molecule has 1 unspecified atom stereocenters. The van der Waals surface area contributed by atoms with Crippen LogP contribution in [0.2, 0.25) is 0 Å². The van der Waals surface area contributed by atoms with E-state index in [1.54, 1.807) is 0 Å². The number of nitrogens with zero attached hydrogens (tertiary/aromatic N) is 2. The van der Waals surface area contributed by atoms with Crippen molar-refractivity contribution in [3.05, 3.63) is 12.7 Å². The van der Waals surface area contributed by atoms with Crippen molar-refractivity contribution in [3.8, 4) is 0 Å². The van der Waals surface area contributed by atoms with Crippen molar-refractivity contribution < 1.29 is 14.4 Å². The molecule has 0 radical (unpaired) electrons. The third-order valence-corrected chi connectivity index (χ3v) is 4.69. The maximum Gasteiger partial charge on any atom is 0.246 e. The minimum absolute atomic E-state index is 0.00202. The molecular formula is C16H25N3O3. The molecule has 1 saturated carbocycles. The molecule has 2 aliphatic rings. The largest absolute Gasteiger partial charge is 0.353 e. The molecule has 6 heteroatoms. The van der Waals surface area contributed by atoms with Gasteiger partial charge in [-0.25, -0.2) is 0 Å². The summed E-state index contributed by atoms with van der Waals surface area (Å²) in [5.74, 6) is -0.375. The maximum atomic E-state index is 12.3. The van der Waals surface area contributed by atoms with Gasteiger partial charge in [-0.05, 0) is 39.2 Å². The van der Waals surface area contributed by atoms with Crippen LogP contribution < -0.4 is 5.32 Å². The summed E-state index contributed by atoms with van der Waals surface area (Å²) in [6.07, 6.45) is 4.60. The molecule has 0 aromatic carbocycles. The van der Waals surface area contributed by atoms with E-state index in [0.717, 1.165) is 12.8 Å². The van der Waals surface area contributed by atoms with E-state index >= 15 is 0 Å². The third kappa shape index (κ3) is 3.15. The molecule has 1 N–H and O–H groups in total. The number of carbonyl (C=O) groups is 3. The standard InChI is InChI=1S/C16H25N3O3/c1-4-14(21)18(5-2)9-13(20)17-10-16(3)11-19(15(16)22)12-7-6-8-12/h4,12H,1,5-11H2,2-3H3,(H,17,20). The summed E-state index contributed by atoms with van der Waals surface area (Å²) in [7, 11) is 0. The molecule has 1 aliphatic carbocycles. The fourth-order valence-corrected chi connectivity index (χ4v) is 2.89. The highest BCUT2D eigenvalue weighted by atomic mass is 16.2. The van der Waals surface area contributed by atoms with Gasteiger partial charge < -0.3 is 15.1 Å². The van der Waals surface area contributed by atoms with Crippen LogP contribution in [0.3, 0.4) is 0 Å². The Morgan fingerprint density at radius 2 is 2.18 bits per heavy atom. The monoisotopic (exact) mass is 307 g/mol. The molecule has 2 fully saturated rings. The second-order valence-electron chi connectivity index (χ2n) is 6.41. The zero-order chi connectivity index (χ0) is 16.3. The number of hydrogen-bond acceptors (Lipinski definition) is 3. The molecule has 3 amide bonds. The van der Waals surface area contributed by atoms with Crippen LogP contribution in [-0.4, -0.2) is 59.7 Å². The predicted molar refractivity (Wildman–Crippen MR) is 82.9 cm³/mol. The van der Waals surface area contributed by atoms with E-state index in [1.807, 2.05) is 18.7 Å². The summed E-state index contributed by atoms with van der Waals surface area (Å²) in [6.45, 7) is 8.59. The fraction of sp³-hybridized carbons (Fsp3) is 0.688. The smallest absolute Gasteiger partial charge is 0.246 e. The molecule has 1 aliphatic heterocycles. The molecule has 1 atom stereocenters. The highest BCUT2D eigenvalue weighted by Crippen LogP contribution is 2.38. The second kappa shape index (κ2) is 6.50. The zero-order valence-corrected chi connectivity index (χ0v) is 13.4. The molecule has 0 bridgehead atoms. The van der Waals surface area contributed by atoms with Gasteiger partial charge in [0.05, 0.1) is 12.0 Å². The van der Waals surface area contributed by atoms with E-state index in [9.17, 15) is 14.4 Å². The van der Waals surface area contributed by atoms with Crippen molar-refractivity contribution in [1.82, 2.24) is 15.1 Å². The number of likely N-dealkylation sites (N-methyl/N-ethyl adjacent to an activating group) is 1. The van der Waals surface area contributed by atoms with E-state index in [4.69, 9.17) is 0 Å². The van der Waals surface area contributed by atoms with Crippen molar-refractivity contribution in [2.75, 3.05) is 26.2 Å². The van der Waals surface area contributed by atoms with Gasteiger partial charge in [0.1, 0.15) is 0 Å². The number of carbonyl (C=O) groups excluding carboxylic acids is 3. The molecule has 6 nitrogen and oxygen atoms in total. The van der Waals surface area contributed by atoms with Crippen LogP contribution in [0.15, 0.2) is 12.7 Å². The summed E-state index contributed by atoms with van der Waals surface area (Å²) < 4.78 is 0. The Labute approximate surface area is 131 Å². The molecule has 0 aromatic rings. The minimum Gasteiger partial charge on any atom is -0.353 e. The summed E-state index contributed by atoms with van der Waals surface area (Å²) in [4.78, 5) is 39.1. The lowest BCUT2D eigenvalue weighted by Gasteiger charge is -2.53. The number of nitrogens with one attached hydrogen (secondary N) is 1. The summed E-state index contributed by atoms with van der Waals surface area (Å²) >= 11 is 0. The summed E-state index contributed by atoms with van der Waals surface area (Å²) in [6, 6.07) is 0.414. The number of β-lactam (4-membered cyclic amide) rings is 1. The molecule has 122 valence electrons. The van der Waals surface area contributed by atoms with E-state index < -0.39 is 5.41 Å². The number of rotatable bonds is 7. The highest BCUT2D eigenvalue weighted by molar-refractivity contribution is 5.92. The number of hydrogen-bond donors (Lipinski definition) is 1. The van der Waals surface area contributed by atoms with Crippen LogP contribution in [0.4, 0.5) is 0 Å². The van der Waals surface area contributed by atoms with Crippen molar-refractivity contribution in [2.24, 2.45) is 5.41 Å². The second-order valence-corrected chi connectivity index (χ2v) is 6.41. The van der Waals surface area contributed by atoms with Crippen LogP contribution in [-0.2, 0) is 14.4 Å². The Hall–Kier alpha value is -1.85. The van der Waals surface area contributed by atoms with E-state index in [-0.39, 0.29) is 24.3 Å². The molecule has 0 spiro atoms. The first-order valence-corrected chi connectivity index (χ1v) is 7.90. The molecule has 22 heavy (non-hydrogen) atoms. The van der Waals surface area contributed by atoms with Crippen LogP contribution in [0.1, 0.15) is 33.1 Å². The zero-order valence-electron chi connectivity index (χ0n) is 13.4. The van der Waals surface area contributed by atoms with Gasteiger partial charge >= 0.3 is 0 Å². The van der Waals surface area contributed by atoms with Crippen LogP contribution >= 0.6 is 0 Å². The van der Waals surface area contributed by atoms with Gasteiger partial charge in [-0.3, -0.25) is 14.4 Å². The summed E-state index contributed by atoms with van der Waals surface area (Å²) in [5.41, 5.74) is -0.495. The highest BCUT2D eigenvalue weighted by Gasteiger charge is 2.51. The topological polar surface area (TPSA) is 69.7 Å². The Kier molecular flexibility index (Phi) is 4.88. The SMILES string of the molecule is C=CC(=O)N(CC)CC(=O)NCC1(C)CN(C2CCC2)C1=O. The average Bonchev–Trinajstić information content (AvgIpc) is 2.47. The molecule has 2 rings (SSSR count). The number of amides is 3. The Balaban J connectivity index is 1.77. The first kappa shape index (κ1) is 16.5. The Bertz CT molecular complexity index is 487. The first-order valence-electron chi connectivity index (χ1n) is 7.90. The van der Waals surface area contributed by atoms with Gasteiger partial charge in [0.25, 0.3) is 0 Å². The van der Waals surface area contributed by atoms with Crippen LogP contribution in [0.25, 0.3) is 0 Å². The van der Waals surface area contributed by atoms with Crippen molar-refractivity contribution in [3.63, 3.8) is 0 Å². The van der Waals surface area contributed by atoms with Gasteiger partial charge in [-0.15, -0.1) is 0 Å². The minimum atomic E-state index is -0.495. The van der Waals surface area contributed by atoms with Gasteiger partial charge in [-0.1, -0.05) is 6.58 Å². The molecule has 1 saturated heterocycles. The first-order chi connectivity index (χ1) is 10.4. The fourth-order valence-electron chi connectivity index (χ4n) is 2.89. The van der Waals surface area contributed by atoms with Gasteiger partial charge in [0.2, 0.25) is 17.7 Å². The molecule has 0 aromatic heterocycles. The van der Waals surface area contributed by atoms with Crippen LogP contribution in [0, 0.1) is 5.41 Å².